The first-order valence-electron chi connectivity index (χ1n) is 5.61. The molecule has 0 heterocycles. The van der Waals surface area contributed by atoms with Gasteiger partial charge < -0.3 is 20.6 Å². The summed E-state index contributed by atoms with van der Waals surface area (Å²) in [6.07, 6.45) is 0. The summed E-state index contributed by atoms with van der Waals surface area (Å²) in [6.45, 7) is 1.71. The van der Waals surface area contributed by atoms with Crippen LogP contribution in [-0.2, 0) is 0 Å². The van der Waals surface area contributed by atoms with Gasteiger partial charge in [-0.05, 0) is 42.8 Å². The summed E-state index contributed by atoms with van der Waals surface area (Å²) >= 11 is 0. The van der Waals surface area contributed by atoms with Crippen molar-refractivity contribution >= 4 is 11.6 Å². The number of anilines is 1. The number of hydrogen-bond donors (Lipinski definition) is 4. The Bertz CT molecular complexity index is 637. The zero-order valence-electron chi connectivity index (χ0n) is 10.2. The molecule has 0 aromatic heterocycles. The molecule has 2 rings (SSSR count). The molecule has 2 aromatic rings. The van der Waals surface area contributed by atoms with Crippen LogP contribution in [-0.4, -0.2) is 21.2 Å². The van der Waals surface area contributed by atoms with Crippen molar-refractivity contribution in [2.75, 3.05) is 5.32 Å². The van der Waals surface area contributed by atoms with Crippen molar-refractivity contribution in [1.82, 2.24) is 0 Å². The lowest BCUT2D eigenvalue weighted by Crippen LogP contribution is -2.12. The van der Waals surface area contributed by atoms with Gasteiger partial charge in [0.25, 0.3) is 5.91 Å². The van der Waals surface area contributed by atoms with Gasteiger partial charge in [0.1, 0.15) is 5.75 Å². The normalized spacial score (nSPS) is 10.2. The molecule has 0 aliphatic carbocycles. The molecule has 19 heavy (non-hydrogen) atoms. The smallest absolute Gasteiger partial charge is 0.259 e. The molecule has 0 radical (unpaired) electrons. The van der Waals surface area contributed by atoms with Crippen LogP contribution in [0.25, 0.3) is 0 Å². The average Bonchev–Trinajstić information content (AvgIpc) is 2.37. The first-order valence-corrected chi connectivity index (χ1v) is 5.61. The zero-order valence-corrected chi connectivity index (χ0v) is 10.2. The van der Waals surface area contributed by atoms with Crippen molar-refractivity contribution in [2.45, 2.75) is 6.92 Å². The van der Waals surface area contributed by atoms with Crippen LogP contribution in [0.5, 0.6) is 17.2 Å². The van der Waals surface area contributed by atoms with Gasteiger partial charge in [-0.15, -0.1) is 0 Å². The Kier molecular flexibility index (Phi) is 3.29. The van der Waals surface area contributed by atoms with Gasteiger partial charge in [-0.3, -0.25) is 4.79 Å². The monoisotopic (exact) mass is 259 g/mol. The minimum atomic E-state index is -0.543. The number of para-hydroxylation sites is 1. The van der Waals surface area contributed by atoms with Gasteiger partial charge in [-0.1, -0.05) is 6.07 Å². The van der Waals surface area contributed by atoms with Crippen LogP contribution in [0.3, 0.4) is 0 Å². The Morgan fingerprint density at radius 3 is 2.47 bits per heavy atom. The highest BCUT2D eigenvalue weighted by atomic mass is 16.3. The fourth-order valence-corrected chi connectivity index (χ4v) is 1.65. The van der Waals surface area contributed by atoms with Crippen LogP contribution in [0.4, 0.5) is 5.69 Å². The van der Waals surface area contributed by atoms with E-state index in [1.54, 1.807) is 19.1 Å². The highest BCUT2D eigenvalue weighted by Crippen LogP contribution is 2.29. The van der Waals surface area contributed by atoms with Crippen LogP contribution >= 0.6 is 0 Å². The fourth-order valence-electron chi connectivity index (χ4n) is 1.65. The van der Waals surface area contributed by atoms with E-state index in [4.69, 9.17) is 0 Å². The zero-order chi connectivity index (χ0) is 14.0. The van der Waals surface area contributed by atoms with Crippen LogP contribution in [0.2, 0.25) is 0 Å². The first-order chi connectivity index (χ1) is 8.99. The fraction of sp³-hybridized carbons (Fsp3) is 0.0714. The summed E-state index contributed by atoms with van der Waals surface area (Å²) < 4.78 is 0. The molecule has 5 nitrogen and oxygen atoms in total. The Labute approximate surface area is 109 Å². The van der Waals surface area contributed by atoms with E-state index in [0.29, 0.717) is 11.3 Å². The lowest BCUT2D eigenvalue weighted by atomic mass is 10.1. The van der Waals surface area contributed by atoms with Crippen molar-refractivity contribution in [1.29, 1.82) is 0 Å². The van der Waals surface area contributed by atoms with E-state index < -0.39 is 11.7 Å². The lowest BCUT2D eigenvalue weighted by molar-refractivity contribution is 0.102. The topological polar surface area (TPSA) is 89.8 Å². The van der Waals surface area contributed by atoms with Gasteiger partial charge in [-0.25, -0.2) is 0 Å². The summed E-state index contributed by atoms with van der Waals surface area (Å²) in [7, 11) is 0. The standard InChI is InChI=1S/C14H13NO4/c1-8-7-9(5-6-11(8)16)15-14(19)10-3-2-4-12(17)13(10)18/h2-7,16-18H,1H3,(H,15,19). The predicted octanol–water partition coefficient (Wildman–Crippen LogP) is 2.36. The van der Waals surface area contributed by atoms with E-state index in [9.17, 15) is 20.1 Å². The molecule has 0 saturated heterocycles. The molecule has 0 bridgehead atoms. The average molecular weight is 259 g/mol. The summed E-state index contributed by atoms with van der Waals surface area (Å²) in [6, 6.07) is 8.76. The molecule has 5 heteroatoms. The van der Waals surface area contributed by atoms with E-state index in [1.165, 1.54) is 24.3 Å². The molecule has 98 valence electrons. The van der Waals surface area contributed by atoms with Crippen LogP contribution in [0.1, 0.15) is 15.9 Å². The molecule has 0 aliphatic heterocycles. The number of aromatic hydroxyl groups is 3. The maximum absolute atomic E-state index is 11.9. The minimum absolute atomic E-state index is 0.0225. The van der Waals surface area contributed by atoms with Crippen LogP contribution < -0.4 is 5.32 Å². The molecule has 0 spiro atoms. The summed E-state index contributed by atoms with van der Waals surface area (Å²) in [5.74, 6) is -1.22. The van der Waals surface area contributed by atoms with Gasteiger partial charge in [-0.2, -0.15) is 0 Å². The summed E-state index contributed by atoms with van der Waals surface area (Å²) in [5, 5.41) is 30.9. The van der Waals surface area contributed by atoms with Gasteiger partial charge in [0.15, 0.2) is 11.5 Å². The predicted molar refractivity (Wildman–Crippen MR) is 70.6 cm³/mol. The number of carbonyl (C=O) groups is 1. The van der Waals surface area contributed by atoms with E-state index in [-0.39, 0.29) is 17.1 Å². The number of carbonyl (C=O) groups excluding carboxylic acids is 1. The quantitative estimate of drug-likeness (QED) is 0.492. The van der Waals surface area contributed by atoms with Gasteiger partial charge in [0.05, 0.1) is 5.56 Å². The maximum atomic E-state index is 11.9. The number of nitrogens with one attached hydrogen (secondary N) is 1. The minimum Gasteiger partial charge on any atom is -0.508 e. The van der Waals surface area contributed by atoms with Crippen molar-refractivity contribution < 1.29 is 20.1 Å². The molecule has 4 N–H and O–H groups in total. The van der Waals surface area contributed by atoms with Crippen molar-refractivity contribution in [2.24, 2.45) is 0 Å². The molecule has 0 aliphatic rings. The third kappa shape index (κ3) is 2.60. The second-order valence-electron chi connectivity index (χ2n) is 4.13. The third-order valence-corrected chi connectivity index (χ3v) is 2.71. The SMILES string of the molecule is Cc1cc(NC(=O)c2cccc(O)c2O)ccc1O. The molecule has 0 atom stereocenters. The second kappa shape index (κ2) is 4.89. The third-order valence-electron chi connectivity index (χ3n) is 2.71. The molecular weight excluding hydrogens is 246 g/mol. The second-order valence-corrected chi connectivity index (χ2v) is 4.13. The van der Waals surface area contributed by atoms with Gasteiger partial charge in [0, 0.05) is 5.69 Å². The Hall–Kier alpha value is -2.69. The summed E-state index contributed by atoms with van der Waals surface area (Å²) in [4.78, 5) is 11.9. The molecule has 0 unspecified atom stereocenters. The summed E-state index contributed by atoms with van der Waals surface area (Å²) in [5.41, 5.74) is 1.09. The number of amides is 1. The molecule has 1 amide bonds. The van der Waals surface area contributed by atoms with E-state index >= 15 is 0 Å². The Morgan fingerprint density at radius 1 is 1.05 bits per heavy atom. The van der Waals surface area contributed by atoms with Gasteiger partial charge >= 0.3 is 0 Å². The number of aryl methyl sites for hydroxylation is 1. The lowest BCUT2D eigenvalue weighted by Gasteiger charge is -2.08. The van der Waals surface area contributed by atoms with Crippen molar-refractivity contribution in [3.63, 3.8) is 0 Å². The van der Waals surface area contributed by atoms with Crippen molar-refractivity contribution in [3.8, 4) is 17.2 Å². The molecular formula is C14H13NO4. The molecule has 0 fully saturated rings. The van der Waals surface area contributed by atoms with Gasteiger partial charge in [0.2, 0.25) is 0 Å². The van der Waals surface area contributed by atoms with Crippen LogP contribution in [0, 0.1) is 6.92 Å². The Morgan fingerprint density at radius 2 is 1.79 bits per heavy atom. The molecule has 2 aromatic carbocycles. The van der Waals surface area contributed by atoms with Crippen molar-refractivity contribution in [3.05, 3.63) is 47.5 Å². The van der Waals surface area contributed by atoms with E-state index in [2.05, 4.69) is 5.32 Å². The largest absolute Gasteiger partial charge is 0.508 e. The Balaban J connectivity index is 2.26. The van der Waals surface area contributed by atoms with E-state index in [0.717, 1.165) is 0 Å². The highest BCUT2D eigenvalue weighted by molar-refractivity contribution is 6.06. The highest BCUT2D eigenvalue weighted by Gasteiger charge is 2.14. The van der Waals surface area contributed by atoms with E-state index in [1.807, 2.05) is 0 Å². The first kappa shape index (κ1) is 12.8. The maximum Gasteiger partial charge on any atom is 0.259 e. The number of phenolic OH excluding ortho intramolecular Hbond substituents is 3. The van der Waals surface area contributed by atoms with Crippen LogP contribution in [0.15, 0.2) is 36.4 Å². The number of phenols is 3. The number of benzene rings is 2. The molecule has 0 saturated carbocycles. The number of hydrogen-bond acceptors (Lipinski definition) is 4. The number of rotatable bonds is 2.